The van der Waals surface area contributed by atoms with Crippen LogP contribution in [0, 0.1) is 0 Å². The fourth-order valence-corrected chi connectivity index (χ4v) is 3.95. The first-order chi connectivity index (χ1) is 10.7. The van der Waals surface area contributed by atoms with E-state index in [1.807, 2.05) is 36.4 Å². The molecule has 0 bridgehead atoms. The number of anilines is 2. The molecule has 1 N–H and O–H groups in total. The number of para-hydroxylation sites is 2. The Morgan fingerprint density at radius 3 is 2.27 bits per heavy atom. The summed E-state index contributed by atoms with van der Waals surface area (Å²) >= 11 is 0. The summed E-state index contributed by atoms with van der Waals surface area (Å²) in [4.78, 5) is 0.292. The van der Waals surface area contributed by atoms with E-state index in [9.17, 15) is 8.42 Å². The van der Waals surface area contributed by atoms with Gasteiger partial charge >= 0.3 is 0 Å². The lowest BCUT2D eigenvalue weighted by atomic mass is 10.3. The second-order valence-electron chi connectivity index (χ2n) is 5.00. The van der Waals surface area contributed by atoms with Gasteiger partial charge in [0.1, 0.15) is 4.90 Å². The Morgan fingerprint density at radius 1 is 0.909 bits per heavy atom. The molecule has 0 unspecified atom stereocenters. The van der Waals surface area contributed by atoms with Gasteiger partial charge in [0.25, 0.3) is 0 Å². The normalized spacial score (nSPS) is 16.4. The Kier molecular flexibility index (Phi) is 4.42. The van der Waals surface area contributed by atoms with Gasteiger partial charge in [0, 0.05) is 18.8 Å². The quantitative estimate of drug-likeness (QED) is 0.941. The molecule has 1 aliphatic heterocycles. The Labute approximate surface area is 130 Å². The maximum atomic E-state index is 12.8. The first-order valence-electron chi connectivity index (χ1n) is 7.17. The Balaban J connectivity index is 1.93. The van der Waals surface area contributed by atoms with Crippen molar-refractivity contribution < 1.29 is 13.2 Å². The van der Waals surface area contributed by atoms with E-state index in [1.165, 1.54) is 4.31 Å². The average Bonchev–Trinajstić information content (AvgIpc) is 2.57. The maximum absolute atomic E-state index is 12.8. The third-order valence-electron chi connectivity index (χ3n) is 3.53. The van der Waals surface area contributed by atoms with Gasteiger partial charge in [-0.25, -0.2) is 8.42 Å². The predicted octanol–water partition coefficient (Wildman–Crippen LogP) is 2.45. The first kappa shape index (κ1) is 15.0. The number of benzene rings is 2. The molecule has 0 saturated carbocycles. The van der Waals surface area contributed by atoms with Crippen molar-refractivity contribution in [3.8, 4) is 0 Å². The highest BCUT2D eigenvalue weighted by molar-refractivity contribution is 7.89. The van der Waals surface area contributed by atoms with Gasteiger partial charge in [0.05, 0.1) is 18.9 Å². The standard InChI is InChI=1S/C16H18N2O3S/c19-22(20,18-10-12-21-13-11-18)16-9-5-4-8-15(16)17-14-6-2-1-3-7-14/h1-9,17H,10-13H2. The van der Waals surface area contributed by atoms with Crippen LogP contribution in [0.2, 0.25) is 0 Å². The molecule has 3 rings (SSSR count). The lowest BCUT2D eigenvalue weighted by molar-refractivity contribution is 0.0730. The number of morpholine rings is 1. The maximum Gasteiger partial charge on any atom is 0.245 e. The van der Waals surface area contributed by atoms with Gasteiger partial charge in [-0.3, -0.25) is 0 Å². The van der Waals surface area contributed by atoms with Crippen LogP contribution in [0.5, 0.6) is 0 Å². The van der Waals surface area contributed by atoms with Gasteiger partial charge in [-0.2, -0.15) is 4.31 Å². The van der Waals surface area contributed by atoms with Gasteiger partial charge < -0.3 is 10.1 Å². The van der Waals surface area contributed by atoms with Crippen LogP contribution >= 0.6 is 0 Å². The van der Waals surface area contributed by atoms with Crippen LogP contribution in [0.4, 0.5) is 11.4 Å². The molecule has 1 fully saturated rings. The summed E-state index contributed by atoms with van der Waals surface area (Å²) in [7, 11) is -3.52. The Morgan fingerprint density at radius 2 is 1.55 bits per heavy atom. The minimum absolute atomic E-state index is 0.292. The van der Waals surface area contributed by atoms with Gasteiger partial charge in [0.2, 0.25) is 10.0 Å². The van der Waals surface area contributed by atoms with Crippen molar-refractivity contribution in [2.24, 2.45) is 0 Å². The van der Waals surface area contributed by atoms with Crippen LogP contribution in [0.3, 0.4) is 0 Å². The van der Waals surface area contributed by atoms with Crippen LogP contribution < -0.4 is 5.32 Å². The molecule has 1 heterocycles. The molecule has 0 spiro atoms. The minimum atomic E-state index is -3.52. The van der Waals surface area contributed by atoms with Crippen LogP contribution in [-0.2, 0) is 14.8 Å². The number of ether oxygens (including phenoxy) is 1. The van der Waals surface area contributed by atoms with Crippen molar-refractivity contribution in [3.63, 3.8) is 0 Å². The SMILES string of the molecule is O=S(=O)(c1ccccc1Nc1ccccc1)N1CCOCC1. The summed E-state index contributed by atoms with van der Waals surface area (Å²) in [6.45, 7) is 1.66. The minimum Gasteiger partial charge on any atom is -0.379 e. The van der Waals surface area contributed by atoms with Crippen LogP contribution in [0.15, 0.2) is 59.5 Å². The average molecular weight is 318 g/mol. The summed E-state index contributed by atoms with van der Waals surface area (Å²) in [6.07, 6.45) is 0. The van der Waals surface area contributed by atoms with E-state index in [2.05, 4.69) is 5.32 Å². The summed E-state index contributed by atoms with van der Waals surface area (Å²) in [5, 5.41) is 3.18. The third kappa shape index (κ3) is 3.14. The molecule has 0 atom stereocenters. The predicted molar refractivity (Wildman–Crippen MR) is 85.7 cm³/mol. The number of nitrogens with one attached hydrogen (secondary N) is 1. The summed E-state index contributed by atoms with van der Waals surface area (Å²) in [5.41, 5.74) is 1.44. The van der Waals surface area contributed by atoms with Crippen LogP contribution in [0.25, 0.3) is 0 Å². The largest absolute Gasteiger partial charge is 0.379 e. The van der Waals surface area contributed by atoms with Crippen molar-refractivity contribution >= 4 is 21.4 Å². The third-order valence-corrected chi connectivity index (χ3v) is 5.48. The van der Waals surface area contributed by atoms with E-state index >= 15 is 0 Å². The van der Waals surface area contributed by atoms with E-state index in [4.69, 9.17) is 4.74 Å². The van der Waals surface area contributed by atoms with Crippen LogP contribution in [-0.4, -0.2) is 39.0 Å². The number of sulfonamides is 1. The Hall–Kier alpha value is -1.89. The van der Waals surface area contributed by atoms with Gasteiger partial charge in [-0.15, -0.1) is 0 Å². The fraction of sp³-hybridized carbons (Fsp3) is 0.250. The molecule has 5 nitrogen and oxygen atoms in total. The number of hydrogen-bond donors (Lipinski definition) is 1. The lowest BCUT2D eigenvalue weighted by Gasteiger charge is -2.27. The first-order valence-corrected chi connectivity index (χ1v) is 8.61. The molecule has 0 aliphatic carbocycles. The molecule has 0 amide bonds. The molecule has 1 saturated heterocycles. The monoisotopic (exact) mass is 318 g/mol. The molecular weight excluding hydrogens is 300 g/mol. The molecule has 116 valence electrons. The van der Waals surface area contributed by atoms with Crippen molar-refractivity contribution in [1.82, 2.24) is 4.31 Å². The number of hydrogen-bond acceptors (Lipinski definition) is 4. The zero-order valence-corrected chi connectivity index (χ0v) is 12.9. The van der Waals surface area contributed by atoms with Gasteiger partial charge in [-0.1, -0.05) is 30.3 Å². The summed E-state index contributed by atoms with van der Waals surface area (Å²) < 4.78 is 32.4. The number of rotatable bonds is 4. The summed E-state index contributed by atoms with van der Waals surface area (Å²) in [6, 6.07) is 16.5. The second kappa shape index (κ2) is 6.48. The zero-order valence-electron chi connectivity index (χ0n) is 12.1. The van der Waals surface area contributed by atoms with E-state index in [1.54, 1.807) is 18.2 Å². The van der Waals surface area contributed by atoms with Gasteiger partial charge in [-0.05, 0) is 24.3 Å². The molecule has 0 radical (unpaired) electrons. The molecule has 2 aromatic rings. The highest BCUT2D eigenvalue weighted by Crippen LogP contribution is 2.27. The fourth-order valence-electron chi connectivity index (χ4n) is 2.40. The smallest absolute Gasteiger partial charge is 0.245 e. The van der Waals surface area contributed by atoms with E-state index in [0.717, 1.165) is 5.69 Å². The highest BCUT2D eigenvalue weighted by atomic mass is 32.2. The molecule has 6 heteroatoms. The van der Waals surface area contributed by atoms with E-state index in [0.29, 0.717) is 36.9 Å². The van der Waals surface area contributed by atoms with E-state index in [-0.39, 0.29) is 0 Å². The molecule has 2 aromatic carbocycles. The van der Waals surface area contributed by atoms with E-state index < -0.39 is 10.0 Å². The van der Waals surface area contributed by atoms with Crippen LogP contribution in [0.1, 0.15) is 0 Å². The molecular formula is C16H18N2O3S. The van der Waals surface area contributed by atoms with Crippen molar-refractivity contribution in [1.29, 1.82) is 0 Å². The lowest BCUT2D eigenvalue weighted by Crippen LogP contribution is -2.40. The van der Waals surface area contributed by atoms with Crippen molar-refractivity contribution in [3.05, 3.63) is 54.6 Å². The topological polar surface area (TPSA) is 58.6 Å². The summed E-state index contributed by atoms with van der Waals surface area (Å²) in [5.74, 6) is 0. The van der Waals surface area contributed by atoms with Crippen molar-refractivity contribution in [2.75, 3.05) is 31.6 Å². The second-order valence-corrected chi connectivity index (χ2v) is 6.91. The number of nitrogens with zero attached hydrogens (tertiary/aromatic N) is 1. The van der Waals surface area contributed by atoms with Gasteiger partial charge in [0.15, 0.2) is 0 Å². The van der Waals surface area contributed by atoms with Crippen molar-refractivity contribution in [2.45, 2.75) is 4.90 Å². The zero-order chi connectivity index (χ0) is 15.4. The molecule has 22 heavy (non-hydrogen) atoms. The molecule has 1 aliphatic rings. The molecule has 0 aromatic heterocycles. The Bertz CT molecular complexity index is 726. The highest BCUT2D eigenvalue weighted by Gasteiger charge is 2.28.